The van der Waals surface area contributed by atoms with Crippen LogP contribution in [0.15, 0.2) is 53.8 Å². The van der Waals surface area contributed by atoms with Gasteiger partial charge >= 0.3 is 0 Å². The minimum atomic E-state index is -3.68. The maximum atomic E-state index is 12.2. The van der Waals surface area contributed by atoms with Crippen molar-refractivity contribution < 1.29 is 8.42 Å². The zero-order chi connectivity index (χ0) is 16.4. The van der Waals surface area contributed by atoms with Crippen molar-refractivity contribution in [2.24, 2.45) is 7.05 Å². The molecule has 1 aromatic carbocycles. The number of aryl methyl sites for hydroxylation is 1. The summed E-state index contributed by atoms with van der Waals surface area (Å²) in [6.45, 7) is 0.520. The molecular formula is C14H14ClN5O2S. The van der Waals surface area contributed by atoms with Gasteiger partial charge in [0, 0.05) is 30.5 Å². The molecule has 0 saturated heterocycles. The lowest BCUT2D eigenvalue weighted by atomic mass is 10.2. The SMILES string of the molecule is Cn1cc(S(=O)(=O)Nc2ccn(Cc3ccc(Cl)cc3)n2)cn1. The van der Waals surface area contributed by atoms with E-state index in [9.17, 15) is 8.42 Å². The van der Waals surface area contributed by atoms with Crippen molar-refractivity contribution in [3.63, 3.8) is 0 Å². The maximum Gasteiger partial charge on any atom is 0.266 e. The first-order chi connectivity index (χ1) is 10.9. The van der Waals surface area contributed by atoms with E-state index in [1.165, 1.54) is 17.1 Å². The molecule has 0 fully saturated rings. The molecule has 9 heteroatoms. The van der Waals surface area contributed by atoms with Crippen LogP contribution in [0.5, 0.6) is 0 Å². The predicted octanol–water partition coefficient (Wildman–Crippen LogP) is 2.12. The van der Waals surface area contributed by atoms with Crippen LogP contribution in [0.25, 0.3) is 0 Å². The van der Waals surface area contributed by atoms with E-state index >= 15 is 0 Å². The standard InChI is InChI=1S/C14H14ClN5O2S/c1-19-10-13(8-16-19)23(21,22)18-14-6-7-20(17-14)9-11-2-4-12(15)5-3-11/h2-8,10H,9H2,1H3,(H,17,18). The number of benzene rings is 1. The molecule has 1 N–H and O–H groups in total. The fraction of sp³-hybridized carbons (Fsp3) is 0.143. The number of hydrogen-bond acceptors (Lipinski definition) is 4. The molecule has 0 unspecified atom stereocenters. The molecule has 0 bridgehead atoms. The van der Waals surface area contributed by atoms with E-state index in [1.54, 1.807) is 36.1 Å². The van der Waals surface area contributed by atoms with E-state index in [0.717, 1.165) is 5.56 Å². The van der Waals surface area contributed by atoms with Gasteiger partial charge in [0.1, 0.15) is 4.90 Å². The smallest absolute Gasteiger partial charge is 0.266 e. The summed E-state index contributed by atoms with van der Waals surface area (Å²) < 4.78 is 29.9. The van der Waals surface area contributed by atoms with Gasteiger partial charge in [0.2, 0.25) is 0 Å². The Morgan fingerprint density at radius 2 is 1.96 bits per heavy atom. The van der Waals surface area contributed by atoms with Crippen LogP contribution in [0.3, 0.4) is 0 Å². The summed E-state index contributed by atoms with van der Waals surface area (Å²) in [6, 6.07) is 8.98. The van der Waals surface area contributed by atoms with Crippen LogP contribution in [0.2, 0.25) is 5.02 Å². The van der Waals surface area contributed by atoms with Crippen molar-refractivity contribution in [1.29, 1.82) is 0 Å². The number of hydrogen-bond donors (Lipinski definition) is 1. The minimum Gasteiger partial charge on any atom is -0.274 e. The van der Waals surface area contributed by atoms with E-state index in [1.807, 2.05) is 12.1 Å². The van der Waals surface area contributed by atoms with Crippen molar-refractivity contribution >= 4 is 27.4 Å². The molecule has 0 aliphatic carbocycles. The van der Waals surface area contributed by atoms with Crippen LogP contribution in [-0.2, 0) is 23.6 Å². The number of aromatic nitrogens is 4. The zero-order valence-electron chi connectivity index (χ0n) is 12.2. The number of anilines is 1. The van der Waals surface area contributed by atoms with Crippen molar-refractivity contribution in [2.45, 2.75) is 11.4 Å². The normalized spacial score (nSPS) is 11.6. The summed E-state index contributed by atoms with van der Waals surface area (Å²) in [5, 5.41) is 8.73. The van der Waals surface area contributed by atoms with Crippen LogP contribution in [0.4, 0.5) is 5.82 Å². The molecule has 120 valence electrons. The lowest BCUT2D eigenvalue weighted by molar-refractivity contribution is 0.600. The molecule has 0 aliphatic heterocycles. The second-order valence-electron chi connectivity index (χ2n) is 4.98. The quantitative estimate of drug-likeness (QED) is 0.763. The summed E-state index contributed by atoms with van der Waals surface area (Å²) in [5.41, 5.74) is 1.01. The van der Waals surface area contributed by atoms with Gasteiger partial charge in [-0.25, -0.2) is 8.42 Å². The monoisotopic (exact) mass is 351 g/mol. The van der Waals surface area contributed by atoms with Crippen molar-refractivity contribution in [1.82, 2.24) is 19.6 Å². The van der Waals surface area contributed by atoms with E-state index < -0.39 is 10.0 Å². The summed E-state index contributed by atoms with van der Waals surface area (Å²) in [7, 11) is -2.03. The highest BCUT2D eigenvalue weighted by Gasteiger charge is 2.17. The van der Waals surface area contributed by atoms with Gasteiger partial charge in [0.25, 0.3) is 10.0 Å². The van der Waals surface area contributed by atoms with Crippen LogP contribution in [0.1, 0.15) is 5.56 Å². The van der Waals surface area contributed by atoms with Gasteiger partial charge in [-0.2, -0.15) is 10.2 Å². The summed E-state index contributed by atoms with van der Waals surface area (Å²) >= 11 is 5.85. The second-order valence-corrected chi connectivity index (χ2v) is 7.10. The summed E-state index contributed by atoms with van der Waals surface area (Å²) in [5.74, 6) is 0.253. The molecule has 0 spiro atoms. The Morgan fingerprint density at radius 1 is 1.22 bits per heavy atom. The Labute approximate surface area is 138 Å². The molecule has 7 nitrogen and oxygen atoms in total. The molecule has 0 aliphatic rings. The number of nitrogens with one attached hydrogen (secondary N) is 1. The summed E-state index contributed by atoms with van der Waals surface area (Å²) in [4.78, 5) is 0.0900. The van der Waals surface area contributed by atoms with Crippen LogP contribution in [-0.4, -0.2) is 28.0 Å². The van der Waals surface area contributed by atoms with Gasteiger partial charge in [0.15, 0.2) is 5.82 Å². The average molecular weight is 352 g/mol. The number of halogens is 1. The largest absolute Gasteiger partial charge is 0.274 e. The van der Waals surface area contributed by atoms with Gasteiger partial charge in [0.05, 0.1) is 12.7 Å². The first-order valence-electron chi connectivity index (χ1n) is 6.72. The number of sulfonamides is 1. The van der Waals surface area contributed by atoms with Crippen molar-refractivity contribution in [3.05, 3.63) is 59.5 Å². The predicted molar refractivity (Wildman–Crippen MR) is 86.8 cm³/mol. The maximum absolute atomic E-state index is 12.2. The Morgan fingerprint density at radius 3 is 2.61 bits per heavy atom. The van der Waals surface area contributed by atoms with Gasteiger partial charge in [-0.15, -0.1) is 0 Å². The van der Waals surface area contributed by atoms with E-state index in [-0.39, 0.29) is 10.7 Å². The van der Waals surface area contributed by atoms with Crippen LogP contribution >= 0.6 is 11.6 Å². The third-order valence-electron chi connectivity index (χ3n) is 3.13. The molecule has 0 atom stereocenters. The van der Waals surface area contributed by atoms with E-state index in [0.29, 0.717) is 11.6 Å². The highest BCUT2D eigenvalue weighted by molar-refractivity contribution is 7.92. The fourth-order valence-electron chi connectivity index (χ4n) is 2.02. The highest BCUT2D eigenvalue weighted by Crippen LogP contribution is 2.14. The van der Waals surface area contributed by atoms with Gasteiger partial charge in [-0.1, -0.05) is 23.7 Å². The van der Waals surface area contributed by atoms with Gasteiger partial charge in [-0.05, 0) is 17.7 Å². The molecule has 23 heavy (non-hydrogen) atoms. The van der Waals surface area contributed by atoms with Crippen LogP contribution < -0.4 is 4.72 Å². The second kappa shape index (κ2) is 6.05. The van der Waals surface area contributed by atoms with Crippen LogP contribution in [0, 0.1) is 0 Å². The van der Waals surface area contributed by atoms with Crippen molar-refractivity contribution in [2.75, 3.05) is 4.72 Å². The van der Waals surface area contributed by atoms with E-state index in [4.69, 9.17) is 11.6 Å². The molecule has 2 heterocycles. The molecule has 2 aromatic heterocycles. The van der Waals surface area contributed by atoms with Gasteiger partial charge < -0.3 is 0 Å². The first kappa shape index (κ1) is 15.6. The molecule has 0 saturated carbocycles. The highest BCUT2D eigenvalue weighted by atomic mass is 35.5. The zero-order valence-corrected chi connectivity index (χ0v) is 13.8. The topological polar surface area (TPSA) is 81.8 Å². The van der Waals surface area contributed by atoms with Crippen molar-refractivity contribution in [3.8, 4) is 0 Å². The average Bonchev–Trinajstić information content (AvgIpc) is 3.11. The minimum absolute atomic E-state index is 0.0900. The lowest BCUT2D eigenvalue weighted by Crippen LogP contribution is -2.13. The number of nitrogens with zero attached hydrogens (tertiary/aromatic N) is 4. The first-order valence-corrected chi connectivity index (χ1v) is 8.58. The Kier molecular flexibility index (Phi) is 4.10. The Bertz CT molecular complexity index is 915. The third-order valence-corrected chi connectivity index (χ3v) is 4.69. The molecule has 0 amide bonds. The fourth-order valence-corrected chi connectivity index (χ4v) is 3.12. The number of rotatable bonds is 5. The Hall–Kier alpha value is -2.32. The van der Waals surface area contributed by atoms with E-state index in [2.05, 4.69) is 14.9 Å². The molecule has 0 radical (unpaired) electrons. The summed E-state index contributed by atoms with van der Waals surface area (Å²) in [6.07, 6.45) is 4.41. The molecule has 3 rings (SSSR count). The third kappa shape index (κ3) is 3.72. The van der Waals surface area contributed by atoms with Gasteiger partial charge in [-0.3, -0.25) is 14.1 Å². The lowest BCUT2D eigenvalue weighted by Gasteiger charge is -2.04. The Balaban J connectivity index is 1.73. The molecular weight excluding hydrogens is 338 g/mol. The molecule has 3 aromatic rings.